The molecule has 0 aromatic carbocycles. The van der Waals surface area contributed by atoms with Crippen LogP contribution in [0.15, 0.2) is 30.6 Å². The maximum atomic E-state index is 5.41. The van der Waals surface area contributed by atoms with Gasteiger partial charge in [0.25, 0.3) is 0 Å². The predicted octanol–water partition coefficient (Wildman–Crippen LogP) is 2.93. The number of pyridine rings is 1. The van der Waals surface area contributed by atoms with Gasteiger partial charge < -0.3 is 14.6 Å². The lowest BCUT2D eigenvalue weighted by molar-refractivity contribution is 0.0904. The highest BCUT2D eigenvalue weighted by molar-refractivity contribution is 5.87. The number of rotatable bonds is 3. The van der Waals surface area contributed by atoms with Crippen molar-refractivity contribution in [3.05, 3.63) is 36.4 Å². The van der Waals surface area contributed by atoms with Gasteiger partial charge in [-0.15, -0.1) is 0 Å². The number of aromatic nitrogens is 4. The fraction of sp³-hybridized carbons (Fsp3) is 0.389. The zero-order valence-corrected chi connectivity index (χ0v) is 14.0. The van der Waals surface area contributed by atoms with Gasteiger partial charge in [-0.05, 0) is 31.9 Å². The molecule has 0 amide bonds. The van der Waals surface area contributed by atoms with Crippen LogP contribution < -0.4 is 5.32 Å². The Labute approximate surface area is 140 Å². The molecular formula is C18H21N5O. The van der Waals surface area contributed by atoms with E-state index < -0.39 is 0 Å². The van der Waals surface area contributed by atoms with Crippen molar-refractivity contribution >= 4 is 16.7 Å². The number of aryl methyl sites for hydroxylation is 2. The molecule has 1 saturated heterocycles. The van der Waals surface area contributed by atoms with E-state index in [9.17, 15) is 0 Å². The number of ether oxygens (including phenoxy) is 1. The quantitative estimate of drug-likeness (QED) is 0.803. The molecular weight excluding hydrogens is 302 g/mol. The Morgan fingerprint density at radius 1 is 1.21 bits per heavy atom. The van der Waals surface area contributed by atoms with Crippen molar-refractivity contribution in [1.82, 2.24) is 19.5 Å². The summed E-state index contributed by atoms with van der Waals surface area (Å²) in [6.07, 6.45) is 5.77. The molecule has 1 aliphatic heterocycles. The van der Waals surface area contributed by atoms with Crippen molar-refractivity contribution in [1.29, 1.82) is 0 Å². The molecule has 0 radical (unpaired) electrons. The first-order chi connectivity index (χ1) is 11.7. The average molecular weight is 323 g/mol. The van der Waals surface area contributed by atoms with Gasteiger partial charge in [0, 0.05) is 50.1 Å². The topological polar surface area (TPSA) is 64.9 Å². The van der Waals surface area contributed by atoms with E-state index in [1.807, 2.05) is 19.2 Å². The highest BCUT2D eigenvalue weighted by atomic mass is 16.5. The summed E-state index contributed by atoms with van der Waals surface area (Å²) in [5.74, 6) is 1.69. The highest BCUT2D eigenvalue weighted by Gasteiger charge is 2.15. The third-order valence-corrected chi connectivity index (χ3v) is 4.54. The first-order valence-electron chi connectivity index (χ1n) is 8.30. The van der Waals surface area contributed by atoms with Crippen molar-refractivity contribution in [3.8, 4) is 11.4 Å². The second-order valence-electron chi connectivity index (χ2n) is 6.24. The standard InChI is InChI=1S/C18H21N5O/c1-12-19-6-3-15(21-12)17-9-13-11-20-18(10-16(13)23(17)2)22-14-4-7-24-8-5-14/h3,6,9-11,14H,4-5,7-8H2,1-2H3,(H,20,22). The van der Waals surface area contributed by atoms with E-state index in [4.69, 9.17) is 4.74 Å². The Hall–Kier alpha value is -2.47. The van der Waals surface area contributed by atoms with Gasteiger partial charge in [0.05, 0.1) is 16.9 Å². The summed E-state index contributed by atoms with van der Waals surface area (Å²) in [4.78, 5) is 13.3. The summed E-state index contributed by atoms with van der Waals surface area (Å²) >= 11 is 0. The summed E-state index contributed by atoms with van der Waals surface area (Å²) in [6.45, 7) is 3.55. The second kappa shape index (κ2) is 6.20. The summed E-state index contributed by atoms with van der Waals surface area (Å²) in [6, 6.07) is 6.62. The third kappa shape index (κ3) is 2.85. The molecule has 0 spiro atoms. The molecule has 0 bridgehead atoms. The summed E-state index contributed by atoms with van der Waals surface area (Å²) in [5, 5.41) is 4.64. The normalized spacial score (nSPS) is 15.8. The van der Waals surface area contributed by atoms with E-state index in [1.54, 1.807) is 6.20 Å². The van der Waals surface area contributed by atoms with Crippen LogP contribution >= 0.6 is 0 Å². The smallest absolute Gasteiger partial charge is 0.128 e. The maximum Gasteiger partial charge on any atom is 0.128 e. The maximum absolute atomic E-state index is 5.41. The molecule has 6 nitrogen and oxygen atoms in total. The Bertz CT molecular complexity index is 867. The van der Waals surface area contributed by atoms with Crippen LogP contribution in [0.25, 0.3) is 22.3 Å². The van der Waals surface area contributed by atoms with Gasteiger partial charge in [-0.3, -0.25) is 0 Å². The number of hydrogen-bond donors (Lipinski definition) is 1. The van der Waals surface area contributed by atoms with Crippen LogP contribution in [0, 0.1) is 6.92 Å². The number of anilines is 1. The SMILES string of the molecule is Cc1nccc(-c2cc3cnc(NC4CCOCC4)cc3n2C)n1. The molecule has 3 aromatic rings. The van der Waals surface area contributed by atoms with E-state index in [1.165, 1.54) is 0 Å². The molecule has 0 atom stereocenters. The van der Waals surface area contributed by atoms with Crippen molar-refractivity contribution < 1.29 is 4.74 Å². The van der Waals surface area contributed by atoms with E-state index >= 15 is 0 Å². The van der Waals surface area contributed by atoms with Crippen LogP contribution in [0.5, 0.6) is 0 Å². The first kappa shape index (κ1) is 15.1. The Kier molecular flexibility index (Phi) is 3.90. The average Bonchev–Trinajstić information content (AvgIpc) is 2.93. The van der Waals surface area contributed by atoms with Gasteiger partial charge >= 0.3 is 0 Å². The largest absolute Gasteiger partial charge is 0.381 e. The monoisotopic (exact) mass is 323 g/mol. The minimum absolute atomic E-state index is 0.438. The van der Waals surface area contributed by atoms with Crippen molar-refractivity contribution in [2.45, 2.75) is 25.8 Å². The molecule has 0 unspecified atom stereocenters. The first-order valence-corrected chi connectivity index (χ1v) is 8.30. The Balaban J connectivity index is 1.68. The van der Waals surface area contributed by atoms with Gasteiger partial charge in [0.1, 0.15) is 11.6 Å². The summed E-state index contributed by atoms with van der Waals surface area (Å²) in [5.41, 5.74) is 3.14. The van der Waals surface area contributed by atoms with Gasteiger partial charge in [0.2, 0.25) is 0 Å². The number of nitrogens with zero attached hydrogens (tertiary/aromatic N) is 4. The summed E-state index contributed by atoms with van der Waals surface area (Å²) < 4.78 is 7.57. The van der Waals surface area contributed by atoms with E-state index in [0.717, 1.165) is 60.0 Å². The molecule has 24 heavy (non-hydrogen) atoms. The van der Waals surface area contributed by atoms with Crippen molar-refractivity contribution in [2.24, 2.45) is 7.05 Å². The number of fused-ring (bicyclic) bond motifs is 1. The number of hydrogen-bond acceptors (Lipinski definition) is 5. The molecule has 3 aromatic heterocycles. The van der Waals surface area contributed by atoms with Gasteiger partial charge in [0.15, 0.2) is 0 Å². The second-order valence-corrected chi connectivity index (χ2v) is 6.24. The van der Waals surface area contributed by atoms with Crippen LogP contribution in [0.1, 0.15) is 18.7 Å². The Morgan fingerprint density at radius 3 is 2.83 bits per heavy atom. The van der Waals surface area contributed by atoms with Crippen LogP contribution in [-0.2, 0) is 11.8 Å². The molecule has 1 N–H and O–H groups in total. The zero-order chi connectivity index (χ0) is 16.5. The molecule has 4 heterocycles. The number of nitrogens with one attached hydrogen (secondary N) is 1. The highest BCUT2D eigenvalue weighted by Crippen LogP contribution is 2.27. The van der Waals surface area contributed by atoms with E-state index in [-0.39, 0.29) is 0 Å². The lowest BCUT2D eigenvalue weighted by atomic mass is 10.1. The van der Waals surface area contributed by atoms with E-state index in [0.29, 0.717) is 6.04 Å². The van der Waals surface area contributed by atoms with Crippen LogP contribution in [0.3, 0.4) is 0 Å². The molecule has 124 valence electrons. The van der Waals surface area contributed by atoms with Crippen LogP contribution in [-0.4, -0.2) is 38.8 Å². The Morgan fingerprint density at radius 2 is 2.04 bits per heavy atom. The molecule has 0 aliphatic carbocycles. The van der Waals surface area contributed by atoms with Crippen molar-refractivity contribution in [3.63, 3.8) is 0 Å². The molecule has 6 heteroatoms. The molecule has 1 fully saturated rings. The molecule has 1 aliphatic rings. The van der Waals surface area contributed by atoms with E-state index in [2.05, 4.69) is 44.0 Å². The lowest BCUT2D eigenvalue weighted by Crippen LogP contribution is -2.28. The summed E-state index contributed by atoms with van der Waals surface area (Å²) in [7, 11) is 2.06. The zero-order valence-electron chi connectivity index (χ0n) is 14.0. The fourth-order valence-electron chi connectivity index (χ4n) is 3.21. The van der Waals surface area contributed by atoms with Gasteiger partial charge in [-0.2, -0.15) is 0 Å². The third-order valence-electron chi connectivity index (χ3n) is 4.54. The van der Waals surface area contributed by atoms with Gasteiger partial charge in [-0.25, -0.2) is 15.0 Å². The molecule has 0 saturated carbocycles. The molecule has 4 rings (SSSR count). The van der Waals surface area contributed by atoms with Crippen LogP contribution in [0.4, 0.5) is 5.82 Å². The minimum atomic E-state index is 0.438. The van der Waals surface area contributed by atoms with Crippen LogP contribution in [0.2, 0.25) is 0 Å². The predicted molar refractivity (Wildman–Crippen MR) is 93.9 cm³/mol. The van der Waals surface area contributed by atoms with Crippen molar-refractivity contribution in [2.75, 3.05) is 18.5 Å². The fourth-order valence-corrected chi connectivity index (χ4v) is 3.21. The minimum Gasteiger partial charge on any atom is -0.381 e. The van der Waals surface area contributed by atoms with Gasteiger partial charge in [-0.1, -0.05) is 0 Å². The lowest BCUT2D eigenvalue weighted by Gasteiger charge is -2.23.